The quantitative estimate of drug-likeness (QED) is 0.906. The Bertz CT molecular complexity index is 497. The Kier molecular flexibility index (Phi) is 4.27. The highest BCUT2D eigenvalue weighted by Gasteiger charge is 2.36. The molecule has 1 fully saturated rings. The molecular formula is C15H19NO4. The Balaban J connectivity index is 1.87. The third-order valence-corrected chi connectivity index (χ3v) is 3.67. The summed E-state index contributed by atoms with van der Waals surface area (Å²) < 4.78 is 5.43. The van der Waals surface area contributed by atoms with Gasteiger partial charge in [0.2, 0.25) is 0 Å². The fourth-order valence-electron chi connectivity index (χ4n) is 2.36. The monoisotopic (exact) mass is 277 g/mol. The van der Waals surface area contributed by atoms with Crippen molar-refractivity contribution in [1.82, 2.24) is 4.90 Å². The van der Waals surface area contributed by atoms with E-state index in [-0.39, 0.29) is 25.0 Å². The smallest absolute Gasteiger partial charge is 0.308 e. The van der Waals surface area contributed by atoms with Crippen LogP contribution in [-0.4, -0.2) is 41.6 Å². The van der Waals surface area contributed by atoms with Gasteiger partial charge in [-0.05, 0) is 25.0 Å². The van der Waals surface area contributed by atoms with Crippen LogP contribution in [0.2, 0.25) is 0 Å². The van der Waals surface area contributed by atoms with Gasteiger partial charge in [-0.2, -0.15) is 0 Å². The van der Waals surface area contributed by atoms with Crippen molar-refractivity contribution in [3.05, 3.63) is 29.8 Å². The van der Waals surface area contributed by atoms with Crippen molar-refractivity contribution in [3.8, 4) is 5.75 Å². The first kappa shape index (κ1) is 14.4. The molecule has 108 valence electrons. The normalized spacial score (nSPS) is 21.8. The number of hydrogen-bond donors (Lipinski definition) is 1. The zero-order valence-electron chi connectivity index (χ0n) is 11.7. The van der Waals surface area contributed by atoms with E-state index in [0.29, 0.717) is 12.3 Å². The number of amides is 1. The van der Waals surface area contributed by atoms with Crippen LogP contribution in [0, 0.1) is 18.8 Å². The molecule has 0 aliphatic carbocycles. The van der Waals surface area contributed by atoms with E-state index in [9.17, 15) is 9.59 Å². The molecule has 20 heavy (non-hydrogen) atoms. The maximum Gasteiger partial charge on any atom is 0.308 e. The van der Waals surface area contributed by atoms with Crippen LogP contribution >= 0.6 is 0 Å². The zero-order valence-corrected chi connectivity index (χ0v) is 11.7. The summed E-state index contributed by atoms with van der Waals surface area (Å²) in [4.78, 5) is 24.6. The van der Waals surface area contributed by atoms with Gasteiger partial charge in [0.05, 0.1) is 5.92 Å². The Morgan fingerprint density at radius 1 is 1.30 bits per heavy atom. The maximum atomic E-state index is 12.0. The average molecular weight is 277 g/mol. The molecule has 5 nitrogen and oxygen atoms in total. The summed E-state index contributed by atoms with van der Waals surface area (Å²) in [5.41, 5.74) is 1.13. The SMILES string of the molecule is Cc1ccc(OCC(=O)N2C[C@@H](C)[C@H](C(=O)O)C2)cc1. The third-order valence-electron chi connectivity index (χ3n) is 3.67. The summed E-state index contributed by atoms with van der Waals surface area (Å²) in [5.74, 6) is -0.853. The van der Waals surface area contributed by atoms with E-state index in [4.69, 9.17) is 9.84 Å². The molecule has 1 aromatic carbocycles. The number of hydrogen-bond acceptors (Lipinski definition) is 3. The molecule has 1 aliphatic heterocycles. The van der Waals surface area contributed by atoms with Crippen LogP contribution in [0.3, 0.4) is 0 Å². The number of nitrogens with zero attached hydrogens (tertiary/aromatic N) is 1. The number of benzene rings is 1. The Labute approximate surface area is 118 Å². The number of ether oxygens (including phenoxy) is 1. The molecule has 0 spiro atoms. The molecule has 1 amide bonds. The van der Waals surface area contributed by atoms with Crippen LogP contribution in [0.25, 0.3) is 0 Å². The first-order valence-corrected chi connectivity index (χ1v) is 6.67. The van der Waals surface area contributed by atoms with Crippen molar-refractivity contribution in [1.29, 1.82) is 0 Å². The third kappa shape index (κ3) is 3.29. The molecular weight excluding hydrogens is 258 g/mol. The fraction of sp³-hybridized carbons (Fsp3) is 0.467. The molecule has 0 unspecified atom stereocenters. The predicted molar refractivity (Wildman–Crippen MR) is 73.5 cm³/mol. The van der Waals surface area contributed by atoms with Crippen molar-refractivity contribution in [2.75, 3.05) is 19.7 Å². The molecule has 1 aliphatic rings. The summed E-state index contributed by atoms with van der Waals surface area (Å²) in [7, 11) is 0. The number of rotatable bonds is 4. The first-order chi connectivity index (χ1) is 9.47. The molecule has 0 radical (unpaired) electrons. The van der Waals surface area contributed by atoms with Crippen LogP contribution in [0.5, 0.6) is 5.75 Å². The molecule has 2 atom stereocenters. The van der Waals surface area contributed by atoms with Crippen molar-refractivity contribution < 1.29 is 19.4 Å². The van der Waals surface area contributed by atoms with Gasteiger partial charge in [0.1, 0.15) is 5.75 Å². The highest BCUT2D eigenvalue weighted by Crippen LogP contribution is 2.23. The van der Waals surface area contributed by atoms with Gasteiger partial charge < -0.3 is 14.7 Å². The van der Waals surface area contributed by atoms with E-state index in [2.05, 4.69) is 0 Å². The molecule has 0 aromatic heterocycles. The van der Waals surface area contributed by atoms with Gasteiger partial charge in [-0.25, -0.2) is 0 Å². The van der Waals surface area contributed by atoms with Crippen molar-refractivity contribution in [2.24, 2.45) is 11.8 Å². The van der Waals surface area contributed by atoms with Crippen molar-refractivity contribution in [2.45, 2.75) is 13.8 Å². The number of carboxylic acids is 1. The second kappa shape index (κ2) is 5.94. The van der Waals surface area contributed by atoms with Crippen LogP contribution in [0.1, 0.15) is 12.5 Å². The number of likely N-dealkylation sites (tertiary alicyclic amines) is 1. The minimum absolute atomic E-state index is 0.0178. The summed E-state index contributed by atoms with van der Waals surface area (Å²) in [6.07, 6.45) is 0. The maximum absolute atomic E-state index is 12.0. The molecule has 2 rings (SSSR count). The molecule has 1 N–H and O–H groups in total. The van der Waals surface area contributed by atoms with Crippen molar-refractivity contribution in [3.63, 3.8) is 0 Å². The molecule has 1 heterocycles. The van der Waals surface area contributed by atoms with Crippen LogP contribution in [-0.2, 0) is 9.59 Å². The summed E-state index contributed by atoms with van der Waals surface area (Å²) in [5, 5.41) is 9.05. The number of aryl methyl sites for hydroxylation is 1. The standard InChI is InChI=1S/C15H19NO4/c1-10-3-5-12(6-4-10)20-9-14(17)16-7-11(2)13(8-16)15(18)19/h3-6,11,13H,7-9H2,1-2H3,(H,18,19)/t11-,13-/m1/s1. The highest BCUT2D eigenvalue weighted by molar-refractivity contribution is 5.80. The molecule has 5 heteroatoms. The van der Waals surface area contributed by atoms with Gasteiger partial charge in [-0.1, -0.05) is 24.6 Å². The lowest BCUT2D eigenvalue weighted by Gasteiger charge is -2.16. The lowest BCUT2D eigenvalue weighted by atomic mass is 9.99. The Morgan fingerprint density at radius 2 is 1.95 bits per heavy atom. The predicted octanol–water partition coefficient (Wildman–Crippen LogP) is 1.55. The highest BCUT2D eigenvalue weighted by atomic mass is 16.5. The topological polar surface area (TPSA) is 66.8 Å². The van der Waals surface area contributed by atoms with E-state index < -0.39 is 11.9 Å². The van der Waals surface area contributed by atoms with Gasteiger partial charge in [0.15, 0.2) is 6.61 Å². The van der Waals surface area contributed by atoms with Gasteiger partial charge >= 0.3 is 5.97 Å². The Hall–Kier alpha value is -2.04. The van der Waals surface area contributed by atoms with Crippen LogP contribution in [0.4, 0.5) is 0 Å². The number of aliphatic carboxylic acids is 1. The molecule has 1 saturated heterocycles. The van der Waals surface area contributed by atoms with Gasteiger partial charge in [0, 0.05) is 13.1 Å². The van der Waals surface area contributed by atoms with E-state index in [0.717, 1.165) is 5.56 Å². The lowest BCUT2D eigenvalue weighted by Crippen LogP contribution is -2.33. The summed E-state index contributed by atoms with van der Waals surface area (Å²) in [6.45, 7) is 4.53. The van der Waals surface area contributed by atoms with Gasteiger partial charge in [-0.3, -0.25) is 9.59 Å². The fourth-order valence-corrected chi connectivity index (χ4v) is 2.36. The van der Waals surface area contributed by atoms with E-state index in [1.54, 1.807) is 4.90 Å². The average Bonchev–Trinajstić information content (AvgIpc) is 2.80. The summed E-state index contributed by atoms with van der Waals surface area (Å²) in [6, 6.07) is 7.46. The minimum Gasteiger partial charge on any atom is -0.484 e. The first-order valence-electron chi connectivity index (χ1n) is 6.67. The number of carbonyl (C=O) groups is 2. The number of carbonyl (C=O) groups excluding carboxylic acids is 1. The van der Waals surface area contributed by atoms with Crippen molar-refractivity contribution >= 4 is 11.9 Å². The zero-order chi connectivity index (χ0) is 14.7. The van der Waals surface area contributed by atoms with Gasteiger partial charge in [0.25, 0.3) is 5.91 Å². The summed E-state index contributed by atoms with van der Waals surface area (Å²) >= 11 is 0. The largest absolute Gasteiger partial charge is 0.484 e. The van der Waals surface area contributed by atoms with Crippen LogP contribution in [0.15, 0.2) is 24.3 Å². The van der Waals surface area contributed by atoms with Crippen LogP contribution < -0.4 is 4.74 Å². The van der Waals surface area contributed by atoms with Gasteiger partial charge in [-0.15, -0.1) is 0 Å². The van der Waals surface area contributed by atoms with E-state index in [1.807, 2.05) is 38.1 Å². The van der Waals surface area contributed by atoms with E-state index in [1.165, 1.54) is 0 Å². The second-order valence-electron chi connectivity index (χ2n) is 5.32. The lowest BCUT2D eigenvalue weighted by molar-refractivity contribution is -0.142. The number of carboxylic acid groups (broad SMARTS) is 1. The molecule has 0 bridgehead atoms. The second-order valence-corrected chi connectivity index (χ2v) is 5.32. The molecule has 1 aromatic rings. The molecule has 0 saturated carbocycles. The Morgan fingerprint density at radius 3 is 2.50 bits per heavy atom. The van der Waals surface area contributed by atoms with E-state index >= 15 is 0 Å². The minimum atomic E-state index is -0.841.